The van der Waals surface area contributed by atoms with Gasteiger partial charge in [-0.2, -0.15) is 0 Å². The quantitative estimate of drug-likeness (QED) is 0.862. The molecule has 5 nitrogen and oxygen atoms in total. The number of aromatic nitrogens is 1. The highest BCUT2D eigenvalue weighted by atomic mass is 32.1. The molecule has 2 rings (SSSR count). The smallest absolute Gasteiger partial charge is 0.240 e. The number of nitrogens with one attached hydrogen (secondary N) is 2. The SMILES string of the molecule is CCCNc1ncc(CN2CCNC(=O)C2(C)C)s1. The Hall–Kier alpha value is -1.14. The van der Waals surface area contributed by atoms with Crippen molar-refractivity contribution in [3.63, 3.8) is 0 Å². The van der Waals surface area contributed by atoms with E-state index in [9.17, 15) is 4.79 Å². The van der Waals surface area contributed by atoms with Crippen molar-refractivity contribution in [1.29, 1.82) is 0 Å². The molecule has 0 saturated carbocycles. The van der Waals surface area contributed by atoms with E-state index in [-0.39, 0.29) is 5.91 Å². The number of piperazine rings is 1. The van der Waals surface area contributed by atoms with Gasteiger partial charge < -0.3 is 10.6 Å². The molecule has 0 aliphatic carbocycles. The van der Waals surface area contributed by atoms with Gasteiger partial charge in [0, 0.05) is 37.3 Å². The standard InChI is InChI=1S/C13H22N4OS/c1-4-5-15-12-16-8-10(19-12)9-17-7-6-14-11(18)13(17,2)3/h8H,4-7,9H2,1-3H3,(H,14,18)(H,15,16). The first-order valence-corrected chi connectivity index (χ1v) is 7.57. The van der Waals surface area contributed by atoms with Gasteiger partial charge in [-0.3, -0.25) is 9.69 Å². The Bertz CT molecular complexity index is 444. The van der Waals surface area contributed by atoms with E-state index in [0.717, 1.165) is 37.7 Å². The van der Waals surface area contributed by atoms with Crippen LogP contribution in [0, 0.1) is 0 Å². The second kappa shape index (κ2) is 5.88. The van der Waals surface area contributed by atoms with Gasteiger partial charge in [0.05, 0.1) is 5.54 Å². The molecule has 2 N–H and O–H groups in total. The van der Waals surface area contributed by atoms with E-state index in [2.05, 4.69) is 27.4 Å². The van der Waals surface area contributed by atoms with Gasteiger partial charge in [0.25, 0.3) is 0 Å². The zero-order valence-corrected chi connectivity index (χ0v) is 12.6. The molecule has 0 bridgehead atoms. The number of anilines is 1. The Labute approximate surface area is 118 Å². The molecule has 2 heterocycles. The van der Waals surface area contributed by atoms with Crippen molar-refractivity contribution < 1.29 is 4.79 Å². The first-order chi connectivity index (χ1) is 9.04. The van der Waals surface area contributed by atoms with E-state index in [1.165, 1.54) is 4.88 Å². The largest absolute Gasteiger partial charge is 0.362 e. The monoisotopic (exact) mass is 282 g/mol. The Kier molecular flexibility index (Phi) is 4.42. The summed E-state index contributed by atoms with van der Waals surface area (Å²) in [4.78, 5) is 19.7. The van der Waals surface area contributed by atoms with E-state index in [0.29, 0.717) is 0 Å². The first kappa shape index (κ1) is 14.3. The van der Waals surface area contributed by atoms with Crippen LogP contribution in [0.25, 0.3) is 0 Å². The Balaban J connectivity index is 2.00. The highest BCUT2D eigenvalue weighted by molar-refractivity contribution is 7.15. The van der Waals surface area contributed by atoms with Gasteiger partial charge in [-0.25, -0.2) is 4.98 Å². The fraction of sp³-hybridized carbons (Fsp3) is 0.692. The Morgan fingerprint density at radius 2 is 2.37 bits per heavy atom. The predicted molar refractivity (Wildman–Crippen MR) is 78.4 cm³/mol. The predicted octanol–water partition coefficient (Wildman–Crippen LogP) is 1.68. The molecule has 1 amide bonds. The van der Waals surface area contributed by atoms with Crippen LogP contribution in [0.15, 0.2) is 6.20 Å². The fourth-order valence-corrected chi connectivity index (χ4v) is 2.96. The fourth-order valence-electron chi connectivity index (χ4n) is 2.10. The number of carbonyl (C=O) groups is 1. The normalized spacial score (nSPS) is 19.2. The van der Waals surface area contributed by atoms with Crippen LogP contribution in [-0.2, 0) is 11.3 Å². The molecule has 1 aliphatic rings. The van der Waals surface area contributed by atoms with E-state index < -0.39 is 5.54 Å². The van der Waals surface area contributed by atoms with Crippen LogP contribution >= 0.6 is 11.3 Å². The number of nitrogens with zero attached hydrogens (tertiary/aromatic N) is 2. The molecule has 6 heteroatoms. The molecule has 0 spiro atoms. The van der Waals surface area contributed by atoms with Crippen LogP contribution in [0.4, 0.5) is 5.13 Å². The summed E-state index contributed by atoms with van der Waals surface area (Å²) in [5, 5.41) is 7.18. The van der Waals surface area contributed by atoms with Crippen molar-refractivity contribution in [3.05, 3.63) is 11.1 Å². The molecule has 0 aromatic carbocycles. The topological polar surface area (TPSA) is 57.3 Å². The molecule has 0 radical (unpaired) electrons. The highest BCUT2D eigenvalue weighted by Gasteiger charge is 2.37. The summed E-state index contributed by atoms with van der Waals surface area (Å²) in [6.45, 7) is 9.42. The number of carbonyl (C=O) groups excluding carboxylic acids is 1. The van der Waals surface area contributed by atoms with Crippen LogP contribution in [0.3, 0.4) is 0 Å². The summed E-state index contributed by atoms with van der Waals surface area (Å²) in [6.07, 6.45) is 3.00. The van der Waals surface area contributed by atoms with E-state index in [1.54, 1.807) is 11.3 Å². The summed E-state index contributed by atoms with van der Waals surface area (Å²) in [6, 6.07) is 0. The molecule has 19 heavy (non-hydrogen) atoms. The van der Waals surface area contributed by atoms with Crippen molar-refractivity contribution >= 4 is 22.4 Å². The van der Waals surface area contributed by atoms with Crippen LogP contribution in [0.1, 0.15) is 32.1 Å². The number of hydrogen-bond donors (Lipinski definition) is 2. The number of hydrogen-bond acceptors (Lipinski definition) is 5. The zero-order chi connectivity index (χ0) is 13.9. The lowest BCUT2D eigenvalue weighted by molar-refractivity contribution is -0.135. The van der Waals surface area contributed by atoms with Crippen LogP contribution in [-0.4, -0.2) is 41.0 Å². The third-order valence-electron chi connectivity index (χ3n) is 3.44. The Morgan fingerprint density at radius 3 is 3.11 bits per heavy atom. The summed E-state index contributed by atoms with van der Waals surface area (Å²) >= 11 is 1.67. The van der Waals surface area contributed by atoms with Gasteiger partial charge in [0.1, 0.15) is 0 Å². The van der Waals surface area contributed by atoms with Gasteiger partial charge in [-0.15, -0.1) is 11.3 Å². The van der Waals surface area contributed by atoms with Gasteiger partial charge in [0.2, 0.25) is 5.91 Å². The molecule has 1 aromatic heterocycles. The van der Waals surface area contributed by atoms with Crippen molar-refractivity contribution in [2.75, 3.05) is 25.0 Å². The van der Waals surface area contributed by atoms with Crippen LogP contribution in [0.5, 0.6) is 0 Å². The minimum absolute atomic E-state index is 0.104. The molecule has 0 atom stereocenters. The molecule has 106 valence electrons. The van der Waals surface area contributed by atoms with Crippen LogP contribution in [0.2, 0.25) is 0 Å². The third kappa shape index (κ3) is 3.25. The zero-order valence-electron chi connectivity index (χ0n) is 11.8. The van der Waals surface area contributed by atoms with Crippen molar-refractivity contribution in [1.82, 2.24) is 15.2 Å². The van der Waals surface area contributed by atoms with Gasteiger partial charge in [-0.1, -0.05) is 6.92 Å². The lowest BCUT2D eigenvalue weighted by atomic mass is 9.99. The summed E-state index contributed by atoms with van der Waals surface area (Å²) in [5.41, 5.74) is -0.445. The lowest BCUT2D eigenvalue weighted by Crippen LogP contribution is -2.61. The van der Waals surface area contributed by atoms with E-state index in [4.69, 9.17) is 0 Å². The number of amides is 1. The average molecular weight is 282 g/mol. The summed E-state index contributed by atoms with van der Waals surface area (Å²) in [7, 11) is 0. The summed E-state index contributed by atoms with van der Waals surface area (Å²) < 4.78 is 0. The van der Waals surface area contributed by atoms with Crippen LogP contribution < -0.4 is 10.6 Å². The summed E-state index contributed by atoms with van der Waals surface area (Å²) in [5.74, 6) is 0.104. The second-order valence-electron chi connectivity index (χ2n) is 5.29. The molecule has 1 fully saturated rings. The minimum Gasteiger partial charge on any atom is -0.362 e. The molecule has 1 saturated heterocycles. The Morgan fingerprint density at radius 1 is 1.58 bits per heavy atom. The van der Waals surface area contributed by atoms with E-state index >= 15 is 0 Å². The van der Waals surface area contributed by atoms with Gasteiger partial charge in [0.15, 0.2) is 5.13 Å². The lowest BCUT2D eigenvalue weighted by Gasteiger charge is -2.40. The van der Waals surface area contributed by atoms with Gasteiger partial charge in [-0.05, 0) is 20.3 Å². The van der Waals surface area contributed by atoms with Crippen molar-refractivity contribution in [3.8, 4) is 0 Å². The second-order valence-corrected chi connectivity index (χ2v) is 6.41. The minimum atomic E-state index is -0.445. The molecular weight excluding hydrogens is 260 g/mol. The molecule has 1 aromatic rings. The maximum Gasteiger partial charge on any atom is 0.240 e. The molecule has 0 unspecified atom stereocenters. The van der Waals surface area contributed by atoms with Gasteiger partial charge >= 0.3 is 0 Å². The molecular formula is C13H22N4OS. The number of rotatable bonds is 5. The first-order valence-electron chi connectivity index (χ1n) is 6.76. The highest BCUT2D eigenvalue weighted by Crippen LogP contribution is 2.25. The van der Waals surface area contributed by atoms with Crippen molar-refractivity contribution in [2.24, 2.45) is 0 Å². The maximum absolute atomic E-state index is 11.9. The van der Waals surface area contributed by atoms with E-state index in [1.807, 2.05) is 20.0 Å². The van der Waals surface area contributed by atoms with Crippen molar-refractivity contribution in [2.45, 2.75) is 39.3 Å². The molecule has 1 aliphatic heterocycles. The maximum atomic E-state index is 11.9. The average Bonchev–Trinajstić information content (AvgIpc) is 2.81. The third-order valence-corrected chi connectivity index (χ3v) is 4.38. The number of thiazole rings is 1.